The van der Waals surface area contributed by atoms with Crippen LogP contribution >= 0.6 is 65.8 Å². The van der Waals surface area contributed by atoms with Gasteiger partial charge in [0.25, 0.3) is 0 Å². The molecule has 1 heterocycles. The fourth-order valence-corrected chi connectivity index (χ4v) is 4.48. The van der Waals surface area contributed by atoms with Crippen molar-refractivity contribution in [3.05, 3.63) is 31.1 Å². The zero-order valence-corrected chi connectivity index (χ0v) is 12.6. The van der Waals surface area contributed by atoms with E-state index in [1.54, 1.807) is 11.3 Å². The quantitative estimate of drug-likeness (QED) is 0.432. The predicted molar refractivity (Wildman–Crippen MR) is 74.9 cm³/mol. The van der Waals surface area contributed by atoms with E-state index in [0.29, 0.717) is 0 Å². The summed E-state index contributed by atoms with van der Waals surface area (Å²) in [5.74, 6) is 0. The van der Waals surface area contributed by atoms with Gasteiger partial charge in [-0.05, 0) is 40.3 Å². The van der Waals surface area contributed by atoms with Gasteiger partial charge in [0, 0.05) is 28.8 Å². The Labute approximate surface area is 111 Å². The minimum atomic E-state index is 0.912. The van der Waals surface area contributed by atoms with Crippen molar-refractivity contribution in [3.63, 3.8) is 0 Å². The van der Waals surface area contributed by atoms with E-state index in [-0.39, 0.29) is 0 Å². The average Bonchev–Trinajstić information content (AvgIpc) is 2.46. The third kappa shape index (κ3) is 1.96. The van der Waals surface area contributed by atoms with Gasteiger partial charge in [-0.1, -0.05) is 31.9 Å². The molecule has 0 aliphatic heterocycles. The molecule has 2 rings (SSSR count). The molecular formula is C9H5Br2IS. The molecule has 0 fully saturated rings. The Morgan fingerprint density at radius 3 is 2.85 bits per heavy atom. The van der Waals surface area contributed by atoms with Crippen LogP contribution in [0.15, 0.2) is 22.0 Å². The lowest BCUT2D eigenvalue weighted by atomic mass is 10.2. The number of alkyl halides is 1. The first-order chi connectivity index (χ1) is 6.22. The molecule has 0 amide bonds. The van der Waals surface area contributed by atoms with Gasteiger partial charge in [-0.15, -0.1) is 11.3 Å². The summed E-state index contributed by atoms with van der Waals surface area (Å²) in [6, 6.07) is 4.35. The molecule has 4 heteroatoms. The van der Waals surface area contributed by atoms with Gasteiger partial charge in [0.2, 0.25) is 0 Å². The van der Waals surface area contributed by atoms with Crippen molar-refractivity contribution < 1.29 is 0 Å². The van der Waals surface area contributed by atoms with Crippen LogP contribution in [0.4, 0.5) is 0 Å². The summed E-state index contributed by atoms with van der Waals surface area (Å²) in [6.07, 6.45) is 0. The smallest absolute Gasteiger partial charge is 0.0368 e. The molecule has 0 spiro atoms. The number of fused-ring (bicyclic) bond motifs is 1. The van der Waals surface area contributed by atoms with Crippen LogP contribution in [-0.2, 0) is 5.33 Å². The second-order valence-electron chi connectivity index (χ2n) is 2.66. The monoisotopic (exact) mass is 430 g/mol. The molecule has 0 radical (unpaired) electrons. The van der Waals surface area contributed by atoms with E-state index in [4.69, 9.17) is 0 Å². The van der Waals surface area contributed by atoms with E-state index >= 15 is 0 Å². The Bertz CT molecular complexity index is 450. The van der Waals surface area contributed by atoms with Crippen molar-refractivity contribution in [3.8, 4) is 0 Å². The Balaban J connectivity index is 2.85. The second-order valence-corrected chi connectivity index (χ2v) is 6.21. The van der Waals surface area contributed by atoms with E-state index in [1.165, 1.54) is 19.2 Å². The van der Waals surface area contributed by atoms with Gasteiger partial charge in [0.15, 0.2) is 0 Å². The summed E-state index contributed by atoms with van der Waals surface area (Å²) in [6.45, 7) is 0. The lowest BCUT2D eigenvalue weighted by molar-refractivity contribution is 1.48. The fourth-order valence-electron chi connectivity index (χ4n) is 1.28. The largest absolute Gasteiger partial charge is 0.143 e. The number of hydrogen-bond donors (Lipinski definition) is 0. The molecule has 0 nitrogen and oxygen atoms in total. The highest BCUT2D eigenvalue weighted by Crippen LogP contribution is 2.33. The highest BCUT2D eigenvalue weighted by Gasteiger charge is 2.07. The molecule has 0 N–H and O–H groups in total. The Morgan fingerprint density at radius 2 is 2.15 bits per heavy atom. The van der Waals surface area contributed by atoms with Crippen molar-refractivity contribution in [1.82, 2.24) is 0 Å². The molecule has 0 atom stereocenters. The SMILES string of the molecule is BrCc1cc(Br)cc2scc(I)c12. The molecule has 0 unspecified atom stereocenters. The van der Waals surface area contributed by atoms with Crippen LogP contribution in [0.5, 0.6) is 0 Å². The Kier molecular flexibility index (Phi) is 3.33. The van der Waals surface area contributed by atoms with Crippen molar-refractivity contribution in [1.29, 1.82) is 0 Å². The fraction of sp³-hybridized carbons (Fsp3) is 0.111. The predicted octanol–water partition coefficient (Wildman–Crippen LogP) is 5.16. The lowest BCUT2D eigenvalue weighted by Gasteiger charge is -2.00. The normalized spacial score (nSPS) is 11.0. The van der Waals surface area contributed by atoms with Crippen LogP contribution in [0.2, 0.25) is 0 Å². The van der Waals surface area contributed by atoms with E-state index in [0.717, 1.165) is 9.80 Å². The minimum absolute atomic E-state index is 0.912. The van der Waals surface area contributed by atoms with E-state index < -0.39 is 0 Å². The summed E-state index contributed by atoms with van der Waals surface area (Å²) in [5.41, 5.74) is 1.36. The molecule has 13 heavy (non-hydrogen) atoms. The standard InChI is InChI=1S/C9H5Br2IS/c10-3-5-1-6(11)2-8-9(5)7(12)4-13-8/h1-2,4H,3H2. The summed E-state index contributed by atoms with van der Waals surface area (Å²) >= 11 is 11.2. The van der Waals surface area contributed by atoms with Gasteiger partial charge in [-0.25, -0.2) is 0 Å². The molecule has 2 aromatic rings. The first kappa shape index (κ1) is 10.4. The van der Waals surface area contributed by atoms with Crippen molar-refractivity contribution in [2.45, 2.75) is 5.33 Å². The topological polar surface area (TPSA) is 0 Å². The van der Waals surface area contributed by atoms with Gasteiger partial charge >= 0.3 is 0 Å². The molecule has 1 aromatic carbocycles. The zero-order chi connectivity index (χ0) is 9.42. The summed E-state index contributed by atoms with van der Waals surface area (Å²) < 4.78 is 3.86. The van der Waals surface area contributed by atoms with Crippen LogP contribution in [0.3, 0.4) is 0 Å². The van der Waals surface area contributed by atoms with E-state index in [9.17, 15) is 0 Å². The number of thiophene rings is 1. The van der Waals surface area contributed by atoms with Crippen molar-refractivity contribution in [2.24, 2.45) is 0 Å². The van der Waals surface area contributed by atoms with Crippen molar-refractivity contribution in [2.75, 3.05) is 0 Å². The molecule has 68 valence electrons. The van der Waals surface area contributed by atoms with Gasteiger partial charge in [0.1, 0.15) is 0 Å². The Hall–Kier alpha value is 0.870. The lowest BCUT2D eigenvalue weighted by Crippen LogP contribution is -1.80. The number of hydrogen-bond acceptors (Lipinski definition) is 1. The molecule has 0 saturated heterocycles. The van der Waals surface area contributed by atoms with Crippen LogP contribution in [-0.4, -0.2) is 0 Å². The third-order valence-corrected chi connectivity index (χ3v) is 5.09. The first-order valence-corrected chi connectivity index (χ1v) is 7.50. The second kappa shape index (κ2) is 4.16. The van der Waals surface area contributed by atoms with Gasteiger partial charge in [-0.3, -0.25) is 0 Å². The van der Waals surface area contributed by atoms with Gasteiger partial charge in [-0.2, -0.15) is 0 Å². The van der Waals surface area contributed by atoms with Gasteiger partial charge in [0.05, 0.1) is 0 Å². The highest BCUT2D eigenvalue weighted by atomic mass is 127. The minimum Gasteiger partial charge on any atom is -0.143 e. The maximum Gasteiger partial charge on any atom is 0.0368 e. The van der Waals surface area contributed by atoms with Crippen LogP contribution in [0.25, 0.3) is 10.1 Å². The number of rotatable bonds is 1. The van der Waals surface area contributed by atoms with Crippen LogP contribution < -0.4 is 0 Å². The third-order valence-electron chi connectivity index (χ3n) is 1.82. The highest BCUT2D eigenvalue weighted by molar-refractivity contribution is 14.1. The summed E-state index contributed by atoms with van der Waals surface area (Å²) in [4.78, 5) is 0. The van der Waals surface area contributed by atoms with Gasteiger partial charge < -0.3 is 0 Å². The average molecular weight is 432 g/mol. The number of halogens is 3. The zero-order valence-electron chi connectivity index (χ0n) is 6.48. The molecule has 0 bridgehead atoms. The molecule has 1 aromatic heterocycles. The molecule has 0 aliphatic carbocycles. The molecular weight excluding hydrogens is 427 g/mol. The Morgan fingerprint density at radius 1 is 1.38 bits per heavy atom. The van der Waals surface area contributed by atoms with E-state index in [1.807, 2.05) is 0 Å². The van der Waals surface area contributed by atoms with Crippen LogP contribution in [0.1, 0.15) is 5.56 Å². The summed E-state index contributed by atoms with van der Waals surface area (Å²) in [7, 11) is 0. The number of benzene rings is 1. The summed E-state index contributed by atoms with van der Waals surface area (Å²) in [5, 5.41) is 4.50. The first-order valence-electron chi connectivity index (χ1n) is 3.63. The van der Waals surface area contributed by atoms with Crippen LogP contribution in [0, 0.1) is 3.57 Å². The molecule has 0 aliphatic rings. The maximum atomic E-state index is 3.52. The van der Waals surface area contributed by atoms with E-state index in [2.05, 4.69) is 72.0 Å². The van der Waals surface area contributed by atoms with Crippen molar-refractivity contribution >= 4 is 75.9 Å². The maximum absolute atomic E-state index is 3.52. The molecule has 0 saturated carbocycles.